The maximum atomic E-state index is 13.6. The van der Waals surface area contributed by atoms with E-state index in [1.807, 2.05) is 0 Å². The minimum Gasteiger partial charge on any atom is -0.488 e. The lowest BCUT2D eigenvalue weighted by molar-refractivity contribution is 0.0996. The molecule has 0 fully saturated rings. The first-order valence-corrected chi connectivity index (χ1v) is 5.63. The summed E-state index contributed by atoms with van der Waals surface area (Å²) in [5.74, 6) is -0.712. The van der Waals surface area contributed by atoms with Crippen LogP contribution in [0.15, 0.2) is 42.5 Å². The largest absolute Gasteiger partial charge is 0.488 e. The monoisotopic (exact) mass is 260 g/mol. The standard InChI is InChI=1S/C14H13FN2O2/c15-12-7-10(16)6-5-9(12)8-19-13-4-2-1-3-11(13)14(17)18/h1-7H,8,16H2,(H2,17,18). The lowest BCUT2D eigenvalue weighted by Crippen LogP contribution is -2.13. The Morgan fingerprint density at radius 3 is 2.63 bits per heavy atom. The summed E-state index contributed by atoms with van der Waals surface area (Å²) in [4.78, 5) is 11.2. The number of hydrogen-bond acceptors (Lipinski definition) is 3. The van der Waals surface area contributed by atoms with E-state index in [4.69, 9.17) is 16.2 Å². The van der Waals surface area contributed by atoms with Gasteiger partial charge in [0.15, 0.2) is 0 Å². The number of nitrogen functional groups attached to an aromatic ring is 1. The summed E-state index contributed by atoms with van der Waals surface area (Å²) in [5, 5.41) is 0. The van der Waals surface area contributed by atoms with E-state index in [0.717, 1.165) is 0 Å². The quantitative estimate of drug-likeness (QED) is 0.826. The molecule has 1 amide bonds. The second kappa shape index (κ2) is 5.39. The first-order chi connectivity index (χ1) is 9.08. The molecule has 0 aliphatic rings. The highest BCUT2D eigenvalue weighted by Crippen LogP contribution is 2.20. The lowest BCUT2D eigenvalue weighted by Gasteiger charge is -2.10. The Bertz CT molecular complexity index is 614. The van der Waals surface area contributed by atoms with E-state index >= 15 is 0 Å². The number of carbonyl (C=O) groups is 1. The number of hydrogen-bond donors (Lipinski definition) is 2. The van der Waals surface area contributed by atoms with Crippen LogP contribution in [0.25, 0.3) is 0 Å². The van der Waals surface area contributed by atoms with Crippen LogP contribution >= 0.6 is 0 Å². The maximum absolute atomic E-state index is 13.6. The summed E-state index contributed by atoms with van der Waals surface area (Å²) in [6.45, 7) is -0.00356. The SMILES string of the molecule is NC(=O)c1ccccc1OCc1ccc(N)cc1F. The first kappa shape index (κ1) is 12.9. The fourth-order valence-electron chi connectivity index (χ4n) is 1.63. The average Bonchev–Trinajstić information content (AvgIpc) is 2.38. The number of benzene rings is 2. The van der Waals surface area contributed by atoms with Crippen LogP contribution in [0.1, 0.15) is 15.9 Å². The van der Waals surface area contributed by atoms with Crippen molar-refractivity contribution < 1.29 is 13.9 Å². The van der Waals surface area contributed by atoms with E-state index in [0.29, 0.717) is 17.0 Å². The van der Waals surface area contributed by atoms with Gasteiger partial charge in [-0.15, -0.1) is 0 Å². The van der Waals surface area contributed by atoms with Gasteiger partial charge < -0.3 is 16.2 Å². The number of anilines is 1. The fourth-order valence-corrected chi connectivity index (χ4v) is 1.63. The molecule has 19 heavy (non-hydrogen) atoms. The van der Waals surface area contributed by atoms with Crippen molar-refractivity contribution in [2.75, 3.05) is 5.73 Å². The molecule has 4 N–H and O–H groups in total. The summed E-state index contributed by atoms with van der Waals surface area (Å²) < 4.78 is 19.0. The topological polar surface area (TPSA) is 78.3 Å². The molecule has 0 spiro atoms. The zero-order valence-electron chi connectivity index (χ0n) is 10.1. The van der Waals surface area contributed by atoms with Crippen molar-refractivity contribution in [1.29, 1.82) is 0 Å². The third-order valence-electron chi connectivity index (χ3n) is 2.61. The Morgan fingerprint density at radius 1 is 1.21 bits per heavy atom. The molecule has 98 valence electrons. The van der Waals surface area contributed by atoms with Crippen molar-refractivity contribution in [2.24, 2.45) is 5.73 Å². The molecule has 0 atom stereocenters. The third kappa shape index (κ3) is 3.01. The average molecular weight is 260 g/mol. The molecule has 0 saturated carbocycles. The van der Waals surface area contributed by atoms with Crippen LogP contribution in [-0.4, -0.2) is 5.91 Å². The number of carbonyl (C=O) groups excluding carboxylic acids is 1. The van der Waals surface area contributed by atoms with Gasteiger partial charge in [-0.25, -0.2) is 4.39 Å². The maximum Gasteiger partial charge on any atom is 0.252 e. The van der Waals surface area contributed by atoms with Gasteiger partial charge in [-0.2, -0.15) is 0 Å². The van der Waals surface area contributed by atoms with Crippen LogP contribution in [0.2, 0.25) is 0 Å². The van der Waals surface area contributed by atoms with Gasteiger partial charge >= 0.3 is 0 Å². The number of ether oxygens (including phenoxy) is 1. The molecule has 0 aliphatic carbocycles. The molecule has 0 unspecified atom stereocenters. The third-order valence-corrected chi connectivity index (χ3v) is 2.61. The Kier molecular flexibility index (Phi) is 3.66. The van der Waals surface area contributed by atoms with Crippen molar-refractivity contribution in [3.8, 4) is 5.75 Å². The Morgan fingerprint density at radius 2 is 1.95 bits per heavy atom. The zero-order valence-corrected chi connectivity index (χ0v) is 10.1. The van der Waals surface area contributed by atoms with Crippen molar-refractivity contribution >= 4 is 11.6 Å². The highest BCUT2D eigenvalue weighted by Gasteiger charge is 2.09. The van der Waals surface area contributed by atoms with Gasteiger partial charge in [0, 0.05) is 11.3 Å². The normalized spacial score (nSPS) is 10.2. The number of primary amides is 1. The molecule has 2 rings (SSSR count). The molecule has 0 saturated heterocycles. The van der Waals surface area contributed by atoms with E-state index in [2.05, 4.69) is 0 Å². The van der Waals surface area contributed by atoms with Gasteiger partial charge in [0.1, 0.15) is 18.2 Å². The lowest BCUT2D eigenvalue weighted by atomic mass is 10.2. The number of halogens is 1. The molecule has 4 nitrogen and oxygen atoms in total. The van der Waals surface area contributed by atoms with Crippen LogP contribution < -0.4 is 16.2 Å². The van der Waals surface area contributed by atoms with E-state index in [1.165, 1.54) is 12.1 Å². The summed E-state index contributed by atoms with van der Waals surface area (Å²) in [6, 6.07) is 10.9. The van der Waals surface area contributed by atoms with Crippen molar-refractivity contribution in [3.05, 3.63) is 59.4 Å². The predicted molar refractivity (Wildman–Crippen MR) is 70.1 cm³/mol. The molecule has 0 radical (unpaired) electrons. The van der Waals surface area contributed by atoms with Crippen LogP contribution in [-0.2, 0) is 6.61 Å². The van der Waals surface area contributed by atoms with Crippen molar-refractivity contribution in [2.45, 2.75) is 6.61 Å². The highest BCUT2D eigenvalue weighted by atomic mass is 19.1. The molecule has 5 heteroatoms. The Labute approximate surface area is 109 Å². The predicted octanol–water partition coefficient (Wildman–Crippen LogP) is 2.09. The molecular formula is C14H13FN2O2. The van der Waals surface area contributed by atoms with E-state index < -0.39 is 11.7 Å². The van der Waals surface area contributed by atoms with Crippen LogP contribution in [0.5, 0.6) is 5.75 Å². The number of para-hydroxylation sites is 1. The van der Waals surface area contributed by atoms with Gasteiger partial charge in [-0.1, -0.05) is 18.2 Å². The smallest absolute Gasteiger partial charge is 0.252 e. The molecule has 2 aromatic carbocycles. The summed E-state index contributed by atoms with van der Waals surface area (Å²) in [6.07, 6.45) is 0. The molecule has 0 aromatic heterocycles. The van der Waals surface area contributed by atoms with Gasteiger partial charge in [0.2, 0.25) is 0 Å². The highest BCUT2D eigenvalue weighted by molar-refractivity contribution is 5.95. The molecule has 0 aliphatic heterocycles. The molecular weight excluding hydrogens is 247 g/mol. The second-order valence-corrected chi connectivity index (χ2v) is 4.00. The van der Waals surface area contributed by atoms with E-state index in [-0.39, 0.29) is 12.2 Å². The van der Waals surface area contributed by atoms with Crippen LogP contribution in [0, 0.1) is 5.82 Å². The Balaban J connectivity index is 2.17. The van der Waals surface area contributed by atoms with Gasteiger partial charge in [-0.05, 0) is 24.3 Å². The number of rotatable bonds is 4. The zero-order chi connectivity index (χ0) is 13.8. The Hall–Kier alpha value is -2.56. The summed E-state index contributed by atoms with van der Waals surface area (Å²) >= 11 is 0. The minimum absolute atomic E-state index is 0.00356. The van der Waals surface area contributed by atoms with Gasteiger partial charge in [0.25, 0.3) is 5.91 Å². The molecule has 0 bridgehead atoms. The summed E-state index contributed by atoms with van der Waals surface area (Å²) in [7, 11) is 0. The second-order valence-electron chi connectivity index (χ2n) is 4.00. The van der Waals surface area contributed by atoms with Crippen molar-refractivity contribution in [1.82, 2.24) is 0 Å². The van der Waals surface area contributed by atoms with Gasteiger partial charge in [0.05, 0.1) is 5.56 Å². The van der Waals surface area contributed by atoms with Crippen molar-refractivity contribution in [3.63, 3.8) is 0 Å². The first-order valence-electron chi connectivity index (χ1n) is 5.63. The minimum atomic E-state index is -0.589. The van der Waals surface area contributed by atoms with Crippen LogP contribution in [0.3, 0.4) is 0 Å². The summed E-state index contributed by atoms with van der Waals surface area (Å²) in [5.41, 5.74) is 11.6. The number of nitrogens with two attached hydrogens (primary N) is 2. The molecule has 2 aromatic rings. The van der Waals surface area contributed by atoms with Crippen LogP contribution in [0.4, 0.5) is 10.1 Å². The van der Waals surface area contributed by atoms with Gasteiger partial charge in [-0.3, -0.25) is 4.79 Å². The van der Waals surface area contributed by atoms with E-state index in [9.17, 15) is 9.18 Å². The van der Waals surface area contributed by atoms with E-state index in [1.54, 1.807) is 30.3 Å². The number of amides is 1. The molecule has 0 heterocycles. The fraction of sp³-hybridized carbons (Fsp3) is 0.0714.